The molecule has 0 bridgehead atoms. The Kier molecular flexibility index (Phi) is 4.80. The van der Waals surface area contributed by atoms with Gasteiger partial charge in [0.2, 0.25) is 0 Å². The number of rotatable bonds is 3. The van der Waals surface area contributed by atoms with Crippen molar-refractivity contribution in [3.8, 4) is 0 Å². The Morgan fingerprint density at radius 3 is 2.94 bits per heavy atom. The van der Waals surface area contributed by atoms with Crippen molar-refractivity contribution in [2.75, 3.05) is 19.6 Å². The lowest BCUT2D eigenvalue weighted by Crippen LogP contribution is -2.29. The first kappa shape index (κ1) is 13.6. The predicted octanol–water partition coefficient (Wildman–Crippen LogP) is 2.75. The first-order valence-electron chi connectivity index (χ1n) is 5.78. The topological polar surface area (TPSA) is 41.1 Å². The summed E-state index contributed by atoms with van der Waals surface area (Å²) in [6.45, 7) is 2.46. The maximum Gasteiger partial charge on any atom is 0.251 e. The summed E-state index contributed by atoms with van der Waals surface area (Å²) in [7, 11) is 0. The van der Waals surface area contributed by atoms with E-state index in [4.69, 9.17) is 11.6 Å². The van der Waals surface area contributed by atoms with E-state index in [1.165, 1.54) is 5.57 Å². The van der Waals surface area contributed by atoms with E-state index in [-0.39, 0.29) is 5.91 Å². The smallest absolute Gasteiger partial charge is 0.251 e. The van der Waals surface area contributed by atoms with Gasteiger partial charge in [0.25, 0.3) is 5.91 Å². The lowest BCUT2D eigenvalue weighted by molar-refractivity contribution is 0.0956. The van der Waals surface area contributed by atoms with Crippen LogP contribution in [-0.2, 0) is 0 Å². The fraction of sp³-hybridized carbons (Fsp3) is 0.308. The van der Waals surface area contributed by atoms with Crippen molar-refractivity contribution in [3.63, 3.8) is 0 Å². The number of hydrogen-bond acceptors (Lipinski definition) is 2. The molecule has 0 aliphatic carbocycles. The van der Waals surface area contributed by atoms with Crippen molar-refractivity contribution in [1.29, 1.82) is 0 Å². The normalized spacial score (nSPS) is 15.1. The van der Waals surface area contributed by atoms with Crippen molar-refractivity contribution in [1.82, 2.24) is 10.6 Å². The van der Waals surface area contributed by atoms with Gasteiger partial charge in [-0.3, -0.25) is 4.79 Å². The van der Waals surface area contributed by atoms with Gasteiger partial charge in [0.05, 0.1) is 0 Å². The second-order valence-electron chi connectivity index (χ2n) is 4.16. The average Bonchev–Trinajstić information content (AvgIpc) is 2.36. The van der Waals surface area contributed by atoms with Crippen LogP contribution in [0.1, 0.15) is 16.8 Å². The molecule has 1 amide bonds. The number of halogens is 2. The molecule has 1 aromatic carbocycles. The number of hydrogen-bond donors (Lipinski definition) is 2. The molecular formula is C13H14BrClN2O. The van der Waals surface area contributed by atoms with Crippen LogP contribution in [0.4, 0.5) is 0 Å². The summed E-state index contributed by atoms with van der Waals surface area (Å²) in [6.07, 6.45) is 3.11. The zero-order chi connectivity index (χ0) is 13.0. The fourth-order valence-corrected chi connectivity index (χ4v) is 2.67. The highest BCUT2D eigenvalue weighted by Crippen LogP contribution is 2.19. The molecule has 0 unspecified atom stereocenters. The van der Waals surface area contributed by atoms with Crippen LogP contribution in [0.15, 0.2) is 34.3 Å². The predicted molar refractivity (Wildman–Crippen MR) is 77.1 cm³/mol. The molecule has 0 saturated carbocycles. The third kappa shape index (κ3) is 3.83. The van der Waals surface area contributed by atoms with Gasteiger partial charge in [0, 0.05) is 28.1 Å². The number of nitrogens with one attached hydrogen (secondary N) is 2. The van der Waals surface area contributed by atoms with Crippen molar-refractivity contribution < 1.29 is 4.79 Å². The molecule has 1 aromatic rings. The molecule has 3 nitrogen and oxygen atoms in total. The highest BCUT2D eigenvalue weighted by atomic mass is 79.9. The van der Waals surface area contributed by atoms with Crippen LogP contribution >= 0.6 is 27.5 Å². The van der Waals surface area contributed by atoms with E-state index < -0.39 is 0 Å². The molecule has 0 radical (unpaired) electrons. The molecular weight excluding hydrogens is 316 g/mol. The minimum Gasteiger partial charge on any atom is -0.348 e. The van der Waals surface area contributed by atoms with Gasteiger partial charge >= 0.3 is 0 Å². The van der Waals surface area contributed by atoms with Crippen LogP contribution in [0.2, 0.25) is 5.02 Å². The van der Waals surface area contributed by atoms with Crippen molar-refractivity contribution in [2.24, 2.45) is 0 Å². The summed E-state index contributed by atoms with van der Waals surface area (Å²) in [5, 5.41) is 6.70. The third-order valence-corrected chi connectivity index (χ3v) is 3.43. The summed E-state index contributed by atoms with van der Waals surface area (Å²) in [5.74, 6) is -0.0994. The SMILES string of the molecule is O=C(NCC1=CCNCC1)c1cc(Cl)cc(Br)c1. The largest absolute Gasteiger partial charge is 0.348 e. The van der Waals surface area contributed by atoms with Crippen LogP contribution < -0.4 is 10.6 Å². The Morgan fingerprint density at radius 2 is 2.28 bits per heavy atom. The summed E-state index contributed by atoms with van der Waals surface area (Å²) in [4.78, 5) is 12.0. The first-order chi connectivity index (χ1) is 8.65. The molecule has 1 aliphatic rings. The van der Waals surface area contributed by atoms with Crippen molar-refractivity contribution >= 4 is 33.4 Å². The van der Waals surface area contributed by atoms with Crippen molar-refractivity contribution in [3.05, 3.63) is 44.9 Å². The monoisotopic (exact) mass is 328 g/mol. The van der Waals surface area contributed by atoms with Crippen molar-refractivity contribution in [2.45, 2.75) is 6.42 Å². The Bertz CT molecular complexity index is 468. The van der Waals surface area contributed by atoms with E-state index >= 15 is 0 Å². The Morgan fingerprint density at radius 1 is 1.44 bits per heavy atom. The maximum atomic E-state index is 12.0. The van der Waals surface area contributed by atoms with Gasteiger partial charge in [0.1, 0.15) is 0 Å². The Labute approximate surface area is 120 Å². The molecule has 1 aliphatic heterocycles. The molecule has 18 heavy (non-hydrogen) atoms. The van der Waals surface area contributed by atoms with Gasteiger partial charge < -0.3 is 10.6 Å². The van der Waals surface area contributed by atoms with Crippen LogP contribution in [0.3, 0.4) is 0 Å². The number of amides is 1. The summed E-state index contributed by atoms with van der Waals surface area (Å²) < 4.78 is 0.807. The average molecular weight is 330 g/mol. The Balaban J connectivity index is 1.97. The van der Waals surface area contributed by atoms with E-state index in [1.54, 1.807) is 18.2 Å². The third-order valence-electron chi connectivity index (χ3n) is 2.76. The van der Waals surface area contributed by atoms with E-state index in [9.17, 15) is 4.79 Å². The molecule has 0 fully saturated rings. The second kappa shape index (κ2) is 6.36. The molecule has 0 spiro atoms. The molecule has 2 N–H and O–H groups in total. The van der Waals surface area contributed by atoms with E-state index in [1.807, 2.05) is 0 Å². The van der Waals surface area contributed by atoms with E-state index in [0.717, 1.165) is 24.0 Å². The fourth-order valence-electron chi connectivity index (χ4n) is 1.81. The molecule has 5 heteroatoms. The van der Waals surface area contributed by atoms with Crippen LogP contribution in [-0.4, -0.2) is 25.5 Å². The van der Waals surface area contributed by atoms with Gasteiger partial charge in [-0.1, -0.05) is 39.2 Å². The molecule has 2 rings (SSSR count). The minimum atomic E-state index is -0.0994. The van der Waals surface area contributed by atoms with Gasteiger partial charge in [-0.2, -0.15) is 0 Å². The lowest BCUT2D eigenvalue weighted by Gasteiger charge is -2.14. The first-order valence-corrected chi connectivity index (χ1v) is 6.95. The quantitative estimate of drug-likeness (QED) is 0.837. The van der Waals surface area contributed by atoms with Gasteiger partial charge in [-0.05, 0) is 31.2 Å². The van der Waals surface area contributed by atoms with Gasteiger partial charge in [-0.25, -0.2) is 0 Å². The lowest BCUT2D eigenvalue weighted by atomic mass is 10.1. The van der Waals surface area contributed by atoms with Gasteiger partial charge in [0.15, 0.2) is 0 Å². The second-order valence-corrected chi connectivity index (χ2v) is 5.51. The van der Waals surface area contributed by atoms with Crippen LogP contribution in [0.5, 0.6) is 0 Å². The standard InChI is InChI=1S/C13H14BrClN2O/c14-11-5-10(6-12(15)7-11)13(18)17-8-9-1-3-16-4-2-9/h1,5-7,16H,2-4,8H2,(H,17,18). The molecule has 96 valence electrons. The number of carbonyl (C=O) groups is 1. The molecule has 0 atom stereocenters. The highest BCUT2D eigenvalue weighted by Gasteiger charge is 2.09. The highest BCUT2D eigenvalue weighted by molar-refractivity contribution is 9.10. The van der Waals surface area contributed by atoms with Crippen LogP contribution in [0.25, 0.3) is 0 Å². The van der Waals surface area contributed by atoms with E-state index in [0.29, 0.717) is 17.1 Å². The molecule has 0 saturated heterocycles. The molecule has 0 aromatic heterocycles. The minimum absolute atomic E-state index is 0.0994. The Hall–Kier alpha value is -0.840. The number of benzene rings is 1. The van der Waals surface area contributed by atoms with Gasteiger partial charge in [-0.15, -0.1) is 0 Å². The summed E-state index contributed by atoms with van der Waals surface area (Å²) in [5.41, 5.74) is 1.84. The number of carbonyl (C=O) groups excluding carboxylic acids is 1. The molecule has 1 heterocycles. The summed E-state index contributed by atoms with van der Waals surface area (Å²) >= 11 is 9.24. The van der Waals surface area contributed by atoms with Crippen LogP contribution in [0, 0.1) is 0 Å². The van der Waals surface area contributed by atoms with E-state index in [2.05, 4.69) is 32.6 Å². The zero-order valence-electron chi connectivity index (χ0n) is 9.80. The zero-order valence-corrected chi connectivity index (χ0v) is 12.1. The maximum absolute atomic E-state index is 12.0. The summed E-state index contributed by atoms with van der Waals surface area (Å²) in [6, 6.07) is 5.18.